The summed E-state index contributed by atoms with van der Waals surface area (Å²) < 4.78 is 5.38. The third-order valence-electron chi connectivity index (χ3n) is 4.32. The number of nitrogens with one attached hydrogen (secondary N) is 1. The van der Waals surface area contributed by atoms with E-state index in [1.807, 2.05) is 26.0 Å². The van der Waals surface area contributed by atoms with Crippen LogP contribution >= 0.6 is 12.4 Å². The van der Waals surface area contributed by atoms with Crippen LogP contribution in [0.15, 0.2) is 18.2 Å². The summed E-state index contributed by atoms with van der Waals surface area (Å²) in [5.74, 6) is 1.05. The number of ether oxygens (including phenoxy) is 1. The van der Waals surface area contributed by atoms with Gasteiger partial charge in [-0.1, -0.05) is 32.4 Å². The number of benzene rings is 1. The Morgan fingerprint density at radius 3 is 2.86 bits per heavy atom. The third-order valence-corrected chi connectivity index (χ3v) is 4.32. The molecule has 2 rings (SSSR count). The Kier molecular flexibility index (Phi) is 6.49. The van der Waals surface area contributed by atoms with Gasteiger partial charge < -0.3 is 15.8 Å². The molecule has 0 radical (unpaired) electrons. The zero-order valence-corrected chi connectivity index (χ0v) is 13.7. The van der Waals surface area contributed by atoms with Crippen LogP contribution < -0.4 is 15.8 Å². The molecule has 4 nitrogen and oxygen atoms in total. The summed E-state index contributed by atoms with van der Waals surface area (Å²) in [5, 5.41) is 3.08. The molecule has 5 heteroatoms. The SMILES string of the molecule is CCC(C)C(N)C(=O)NC1CCc2c(OC)cccc21.Cl. The highest BCUT2D eigenvalue weighted by molar-refractivity contribution is 5.85. The van der Waals surface area contributed by atoms with Gasteiger partial charge in [0, 0.05) is 0 Å². The summed E-state index contributed by atoms with van der Waals surface area (Å²) in [6, 6.07) is 5.62. The molecule has 118 valence electrons. The minimum Gasteiger partial charge on any atom is -0.496 e. The lowest BCUT2D eigenvalue weighted by Gasteiger charge is -2.21. The number of halogens is 1. The van der Waals surface area contributed by atoms with E-state index in [-0.39, 0.29) is 30.3 Å². The van der Waals surface area contributed by atoms with Crippen molar-refractivity contribution in [2.75, 3.05) is 7.11 Å². The lowest BCUT2D eigenvalue weighted by atomic mass is 9.98. The quantitative estimate of drug-likeness (QED) is 0.878. The van der Waals surface area contributed by atoms with E-state index < -0.39 is 6.04 Å². The van der Waals surface area contributed by atoms with Crippen LogP contribution in [0.2, 0.25) is 0 Å². The van der Waals surface area contributed by atoms with Gasteiger partial charge in [-0.15, -0.1) is 12.4 Å². The molecule has 0 heterocycles. The molecular formula is C16H25ClN2O2. The standard InChI is InChI=1S/C16H24N2O2.ClH/c1-4-10(2)15(17)16(19)18-13-9-8-12-11(13)6-5-7-14(12)20-3;/h5-7,10,13,15H,4,8-9,17H2,1-3H3,(H,18,19);1H. The first-order valence-corrected chi connectivity index (χ1v) is 7.30. The van der Waals surface area contributed by atoms with E-state index in [4.69, 9.17) is 10.5 Å². The van der Waals surface area contributed by atoms with E-state index in [9.17, 15) is 4.79 Å². The first-order valence-electron chi connectivity index (χ1n) is 7.30. The fourth-order valence-electron chi connectivity index (χ4n) is 2.74. The molecule has 0 aromatic heterocycles. The average Bonchev–Trinajstić information content (AvgIpc) is 2.88. The molecule has 0 aliphatic heterocycles. The molecule has 0 fully saturated rings. The molecule has 1 aromatic carbocycles. The number of amides is 1. The van der Waals surface area contributed by atoms with Gasteiger partial charge in [0.2, 0.25) is 5.91 Å². The van der Waals surface area contributed by atoms with Crippen LogP contribution in [-0.2, 0) is 11.2 Å². The number of methoxy groups -OCH3 is 1. The van der Waals surface area contributed by atoms with E-state index >= 15 is 0 Å². The molecular weight excluding hydrogens is 288 g/mol. The predicted molar refractivity (Wildman–Crippen MR) is 86.9 cm³/mol. The van der Waals surface area contributed by atoms with Crippen molar-refractivity contribution in [3.8, 4) is 5.75 Å². The van der Waals surface area contributed by atoms with Crippen molar-refractivity contribution in [3.05, 3.63) is 29.3 Å². The van der Waals surface area contributed by atoms with E-state index in [2.05, 4.69) is 11.4 Å². The lowest BCUT2D eigenvalue weighted by molar-refractivity contribution is -0.124. The highest BCUT2D eigenvalue weighted by Gasteiger charge is 2.28. The van der Waals surface area contributed by atoms with Crippen molar-refractivity contribution >= 4 is 18.3 Å². The van der Waals surface area contributed by atoms with Crippen LogP contribution in [0.3, 0.4) is 0 Å². The Morgan fingerprint density at radius 1 is 1.52 bits per heavy atom. The maximum absolute atomic E-state index is 12.2. The van der Waals surface area contributed by atoms with Crippen LogP contribution in [0.1, 0.15) is 43.9 Å². The Bertz CT molecular complexity index is 493. The van der Waals surface area contributed by atoms with Gasteiger partial charge in [0.25, 0.3) is 0 Å². The van der Waals surface area contributed by atoms with Crippen LogP contribution in [-0.4, -0.2) is 19.1 Å². The maximum atomic E-state index is 12.2. The van der Waals surface area contributed by atoms with E-state index in [1.54, 1.807) is 7.11 Å². The van der Waals surface area contributed by atoms with Crippen molar-refractivity contribution in [2.24, 2.45) is 11.7 Å². The minimum absolute atomic E-state index is 0. The number of nitrogens with two attached hydrogens (primary N) is 1. The Hall–Kier alpha value is -1.26. The first kappa shape index (κ1) is 17.8. The highest BCUT2D eigenvalue weighted by atomic mass is 35.5. The largest absolute Gasteiger partial charge is 0.496 e. The highest BCUT2D eigenvalue weighted by Crippen LogP contribution is 2.36. The van der Waals surface area contributed by atoms with Crippen LogP contribution in [0.25, 0.3) is 0 Å². The predicted octanol–water partition coefficient (Wildman–Crippen LogP) is 2.59. The second kappa shape index (κ2) is 7.66. The van der Waals surface area contributed by atoms with Crippen LogP contribution in [0.5, 0.6) is 5.75 Å². The number of hydrogen-bond acceptors (Lipinski definition) is 3. The molecule has 1 aliphatic carbocycles. The first-order chi connectivity index (χ1) is 9.58. The molecule has 3 N–H and O–H groups in total. The molecule has 3 unspecified atom stereocenters. The van der Waals surface area contributed by atoms with Crippen molar-refractivity contribution in [1.82, 2.24) is 5.32 Å². The van der Waals surface area contributed by atoms with Crippen molar-refractivity contribution in [3.63, 3.8) is 0 Å². The summed E-state index contributed by atoms with van der Waals surface area (Å²) in [7, 11) is 1.68. The fraction of sp³-hybridized carbons (Fsp3) is 0.562. The number of rotatable bonds is 5. The molecule has 3 atom stereocenters. The molecule has 21 heavy (non-hydrogen) atoms. The maximum Gasteiger partial charge on any atom is 0.237 e. The second-order valence-electron chi connectivity index (χ2n) is 5.54. The summed E-state index contributed by atoms with van der Waals surface area (Å²) in [6.07, 6.45) is 2.75. The topological polar surface area (TPSA) is 64.4 Å². The Balaban J connectivity index is 0.00000220. The zero-order chi connectivity index (χ0) is 14.7. The van der Waals surface area contributed by atoms with E-state index in [0.717, 1.165) is 30.6 Å². The molecule has 1 aromatic rings. The Labute approximate surface area is 132 Å². The van der Waals surface area contributed by atoms with Gasteiger partial charge in [-0.3, -0.25) is 4.79 Å². The van der Waals surface area contributed by atoms with Crippen molar-refractivity contribution in [1.29, 1.82) is 0 Å². The van der Waals surface area contributed by atoms with Gasteiger partial charge in [-0.25, -0.2) is 0 Å². The summed E-state index contributed by atoms with van der Waals surface area (Å²) in [6.45, 7) is 4.06. The molecule has 0 bridgehead atoms. The summed E-state index contributed by atoms with van der Waals surface area (Å²) >= 11 is 0. The minimum atomic E-state index is -0.436. The van der Waals surface area contributed by atoms with Crippen molar-refractivity contribution < 1.29 is 9.53 Å². The number of carbonyl (C=O) groups excluding carboxylic acids is 1. The molecule has 0 saturated heterocycles. The molecule has 0 spiro atoms. The van der Waals surface area contributed by atoms with Crippen molar-refractivity contribution in [2.45, 2.75) is 45.2 Å². The summed E-state index contributed by atoms with van der Waals surface area (Å²) in [5.41, 5.74) is 8.36. The average molecular weight is 313 g/mol. The number of hydrogen-bond donors (Lipinski definition) is 2. The Morgan fingerprint density at radius 2 is 2.24 bits per heavy atom. The lowest BCUT2D eigenvalue weighted by Crippen LogP contribution is -2.45. The number of carbonyl (C=O) groups is 1. The van der Waals surface area contributed by atoms with Crippen LogP contribution in [0, 0.1) is 5.92 Å². The summed E-state index contributed by atoms with van der Waals surface area (Å²) in [4.78, 5) is 12.2. The zero-order valence-electron chi connectivity index (χ0n) is 12.9. The van der Waals surface area contributed by atoms with Gasteiger partial charge in [0.1, 0.15) is 5.75 Å². The van der Waals surface area contributed by atoms with Gasteiger partial charge in [-0.05, 0) is 36.0 Å². The third kappa shape index (κ3) is 3.69. The normalized spacial score (nSPS) is 19.1. The smallest absolute Gasteiger partial charge is 0.237 e. The second-order valence-corrected chi connectivity index (χ2v) is 5.54. The molecule has 0 saturated carbocycles. The fourth-order valence-corrected chi connectivity index (χ4v) is 2.74. The monoisotopic (exact) mass is 312 g/mol. The van der Waals surface area contributed by atoms with E-state index in [0.29, 0.717) is 0 Å². The van der Waals surface area contributed by atoms with Crippen LogP contribution in [0.4, 0.5) is 0 Å². The van der Waals surface area contributed by atoms with E-state index in [1.165, 1.54) is 5.56 Å². The van der Waals surface area contributed by atoms with Gasteiger partial charge in [-0.2, -0.15) is 0 Å². The molecule has 1 aliphatic rings. The van der Waals surface area contributed by atoms with Gasteiger partial charge >= 0.3 is 0 Å². The van der Waals surface area contributed by atoms with Gasteiger partial charge in [0.05, 0.1) is 19.2 Å². The molecule has 1 amide bonds. The number of fused-ring (bicyclic) bond motifs is 1. The van der Waals surface area contributed by atoms with Gasteiger partial charge in [0.15, 0.2) is 0 Å².